The minimum atomic E-state index is -0.965. The topological polar surface area (TPSA) is 56.8 Å². The van der Waals surface area contributed by atoms with Crippen molar-refractivity contribution in [2.45, 2.75) is 223 Å². The van der Waals surface area contributed by atoms with Gasteiger partial charge in [0, 0.05) is 33.3 Å². The van der Waals surface area contributed by atoms with Crippen LogP contribution in [0.3, 0.4) is 0 Å². The monoisotopic (exact) mass is 1120 g/mol. The fraction of sp³-hybridized carbons (Fsp3) is 0.656. The predicted molar refractivity (Wildman–Crippen MR) is 326 cm³/mol. The number of rotatable bonds is 31. The lowest BCUT2D eigenvalue weighted by atomic mass is 9.78. The fourth-order valence-corrected chi connectivity index (χ4v) is 16.7. The number of ether oxygens (including phenoxy) is 2. The number of hydrogen-bond donors (Lipinski definition) is 1. The molecule has 0 saturated heterocycles. The van der Waals surface area contributed by atoms with Crippen molar-refractivity contribution in [2.75, 3.05) is 5.73 Å². The lowest BCUT2D eigenvalue weighted by Gasteiger charge is -2.39. The van der Waals surface area contributed by atoms with E-state index in [0.29, 0.717) is 57.1 Å². The second-order valence-corrected chi connectivity index (χ2v) is 29.4. The Hall–Kier alpha value is -2.70. The number of fused-ring (bicyclic) bond motifs is 6. The van der Waals surface area contributed by atoms with Gasteiger partial charge in [0.1, 0.15) is 28.4 Å². The third-order valence-electron chi connectivity index (χ3n) is 16.8. The molecule has 75 heavy (non-hydrogen) atoms. The summed E-state index contributed by atoms with van der Waals surface area (Å²) in [6, 6.07) is 8.35. The van der Waals surface area contributed by atoms with Gasteiger partial charge < -0.3 is 15.2 Å². The number of thiophene rings is 4. The second kappa shape index (κ2) is 27.0. The molecule has 4 aromatic heterocycles. The van der Waals surface area contributed by atoms with E-state index in [1.807, 2.05) is 0 Å². The van der Waals surface area contributed by atoms with Crippen molar-refractivity contribution >= 4 is 69.1 Å². The first kappa shape index (κ1) is 60.0. The van der Waals surface area contributed by atoms with Crippen molar-refractivity contribution < 1.29 is 18.3 Å². The Morgan fingerprint density at radius 3 is 1.16 bits per heavy atom. The van der Waals surface area contributed by atoms with Gasteiger partial charge in [-0.15, -0.1) is 45.3 Å². The molecule has 414 valence electrons. The summed E-state index contributed by atoms with van der Waals surface area (Å²) in [5.41, 5.74) is 8.33. The third-order valence-corrected chi connectivity index (χ3v) is 21.4. The molecule has 5 aromatic rings. The van der Waals surface area contributed by atoms with E-state index in [1.54, 1.807) is 22.7 Å². The average Bonchev–Trinajstić information content (AvgIpc) is 4.19. The number of benzene rings is 1. The Kier molecular flexibility index (Phi) is 21.6. The number of hydrogen-bond acceptors (Lipinski definition) is 9. The van der Waals surface area contributed by atoms with E-state index >= 15 is 8.78 Å². The maximum absolute atomic E-state index is 17.7. The van der Waals surface area contributed by atoms with Gasteiger partial charge in [-0.3, -0.25) is 0 Å². The molecule has 4 nitrogen and oxygen atoms in total. The van der Waals surface area contributed by atoms with Gasteiger partial charge in [0.05, 0.1) is 36.3 Å². The van der Waals surface area contributed by atoms with Crippen LogP contribution in [0.2, 0.25) is 0 Å². The molecule has 0 aliphatic carbocycles. The van der Waals surface area contributed by atoms with E-state index in [0.717, 1.165) is 93.5 Å². The number of nitrogens with two attached hydrogens (primary N) is 1. The van der Waals surface area contributed by atoms with Crippen LogP contribution in [-0.4, -0.2) is 0 Å². The van der Waals surface area contributed by atoms with E-state index in [9.17, 15) is 0 Å². The molecule has 1 aromatic carbocycles. The van der Waals surface area contributed by atoms with Crippen LogP contribution < -0.4 is 15.2 Å². The highest BCUT2D eigenvalue weighted by Crippen LogP contribution is 2.61. The van der Waals surface area contributed by atoms with Gasteiger partial charge in [-0.05, 0) is 134 Å². The molecule has 7 rings (SSSR count). The molecule has 0 fully saturated rings. The molecule has 0 bridgehead atoms. The molecule has 0 amide bonds. The van der Waals surface area contributed by atoms with Crippen molar-refractivity contribution in [3.8, 4) is 51.9 Å². The highest BCUT2D eigenvalue weighted by molar-refractivity contribution is 7.47. The first-order valence-corrected chi connectivity index (χ1v) is 33.0. The summed E-state index contributed by atoms with van der Waals surface area (Å²) in [4.78, 5) is 5.36. The van der Waals surface area contributed by atoms with Crippen molar-refractivity contribution in [2.24, 2.45) is 51.7 Å². The normalized spacial score (nSPS) is 18.7. The molecular weight excluding hydrogens is 1030 g/mol. The van der Waals surface area contributed by atoms with Crippen LogP contribution >= 0.6 is 45.3 Å². The highest BCUT2D eigenvalue weighted by atomic mass is 32.1. The third kappa shape index (κ3) is 14.6. The largest absolute Gasteiger partial charge is 0.481 e. The van der Waals surface area contributed by atoms with Crippen LogP contribution in [0, 0.1) is 59.0 Å². The molecule has 2 aliphatic rings. The van der Waals surface area contributed by atoms with Crippen molar-refractivity contribution in [3.05, 3.63) is 57.8 Å². The van der Waals surface area contributed by atoms with E-state index in [4.69, 9.17) is 27.6 Å². The second-order valence-electron chi connectivity index (χ2n) is 25.2. The molecular formula is C64H92F2N2O2S5. The van der Waals surface area contributed by atoms with Crippen LogP contribution in [0.5, 0.6) is 11.5 Å². The Morgan fingerprint density at radius 1 is 0.493 bits per heavy atom. The lowest BCUT2D eigenvalue weighted by molar-refractivity contribution is 0.0322. The van der Waals surface area contributed by atoms with Gasteiger partial charge in [0.15, 0.2) is 11.6 Å². The molecule has 4 unspecified atom stereocenters. The first-order chi connectivity index (χ1) is 35.8. The van der Waals surface area contributed by atoms with Gasteiger partial charge in [-0.25, -0.2) is 8.78 Å². The minimum Gasteiger partial charge on any atom is -0.481 e. The smallest absolute Gasteiger partial charge is 0.170 e. The van der Waals surface area contributed by atoms with Crippen molar-refractivity contribution in [3.63, 3.8) is 0 Å². The maximum atomic E-state index is 17.7. The quantitative estimate of drug-likeness (QED) is 0.0449. The molecule has 2 aliphatic heterocycles. The maximum Gasteiger partial charge on any atom is 0.170 e. The zero-order valence-corrected chi connectivity index (χ0v) is 51.9. The Bertz CT molecular complexity index is 2570. The fourth-order valence-electron chi connectivity index (χ4n) is 11.9. The number of nitrogens with zero attached hydrogens (tertiary/aromatic N) is 1. The standard InChI is InChI=1S/C64H92F2N2O2S5/c1-39(2)17-13-21-43(9)25-31-63(32-26-44(10)22-14-18-40(3)4)47-37-51(74-59(47)61-49(69-63)29-35-72-61)53-55(65)56(66)54(58(68-71)57(53)67)52-38-48-60(75-52)62-50(30-36-73-62)70-64(48,33-27-45(11)23-15-19-41(5)6)34-28-46(12)24-16-20-42(7)8/h29-30,35-46H,13-28,31-34,67H2,1-12H3. The van der Waals surface area contributed by atoms with E-state index in [2.05, 4.69) is 122 Å². The summed E-state index contributed by atoms with van der Waals surface area (Å²) < 4.78 is 54.2. The number of nitrogen functional groups attached to an aromatic ring is 1. The molecule has 6 heterocycles. The van der Waals surface area contributed by atoms with Gasteiger partial charge in [0.2, 0.25) is 0 Å². The molecule has 11 heteroatoms. The van der Waals surface area contributed by atoms with Crippen LogP contribution in [0.1, 0.15) is 223 Å². The Morgan fingerprint density at radius 2 is 0.827 bits per heavy atom. The van der Waals surface area contributed by atoms with Crippen LogP contribution in [-0.2, 0) is 23.6 Å². The summed E-state index contributed by atoms with van der Waals surface area (Å²) in [7, 11) is 0. The SMILES string of the molecule is CC(C)CCCC(C)CCC1(CCC(C)CCCC(C)C)Oc2ccsc2-c2sc(-c3c(N)c(N=S)c(-c4cc5c(s4)-c4sccc4OC5(CCC(C)CCCC(C)C)CCC(C)CCCC(C)C)c(F)c3F)cc21. The molecule has 0 spiro atoms. The Balaban J connectivity index is 1.29. The van der Waals surface area contributed by atoms with Crippen LogP contribution in [0.25, 0.3) is 40.4 Å². The summed E-state index contributed by atoms with van der Waals surface area (Å²) in [5.74, 6) is 4.70. The first-order valence-electron chi connectivity index (χ1n) is 29.2. The molecule has 2 N–H and O–H groups in total. The summed E-state index contributed by atoms with van der Waals surface area (Å²) in [6.45, 7) is 27.9. The molecule has 0 saturated carbocycles. The predicted octanol–water partition coefficient (Wildman–Crippen LogP) is 23.0. The number of halogens is 2. The summed E-state index contributed by atoms with van der Waals surface area (Å²) in [6.07, 6.45) is 21.9. The van der Waals surface area contributed by atoms with Gasteiger partial charge in [-0.1, -0.05) is 160 Å². The van der Waals surface area contributed by atoms with Gasteiger partial charge in [0.25, 0.3) is 0 Å². The van der Waals surface area contributed by atoms with Crippen molar-refractivity contribution in [1.29, 1.82) is 0 Å². The zero-order valence-electron chi connectivity index (χ0n) is 47.9. The Labute approximate surface area is 474 Å². The van der Waals surface area contributed by atoms with Crippen molar-refractivity contribution in [1.82, 2.24) is 0 Å². The molecule has 4 atom stereocenters. The van der Waals surface area contributed by atoms with Gasteiger partial charge >= 0.3 is 0 Å². The lowest BCUT2D eigenvalue weighted by Crippen LogP contribution is -2.36. The average molecular weight is 1120 g/mol. The van der Waals surface area contributed by atoms with Crippen LogP contribution in [0.4, 0.5) is 20.2 Å². The summed E-state index contributed by atoms with van der Waals surface area (Å²) >= 11 is 11.8. The van der Waals surface area contributed by atoms with E-state index < -0.39 is 22.8 Å². The molecule has 0 radical (unpaired) electrons. The number of anilines is 1. The van der Waals surface area contributed by atoms with E-state index in [-0.39, 0.29) is 22.5 Å². The zero-order chi connectivity index (χ0) is 54.2. The van der Waals surface area contributed by atoms with E-state index in [1.165, 1.54) is 99.7 Å². The minimum absolute atomic E-state index is 0.0350. The highest BCUT2D eigenvalue weighted by Gasteiger charge is 2.46. The van der Waals surface area contributed by atoms with Gasteiger partial charge in [-0.2, -0.15) is 4.36 Å². The summed E-state index contributed by atoms with van der Waals surface area (Å²) in [5, 5.41) is 4.18. The van der Waals surface area contributed by atoms with Crippen LogP contribution in [0.15, 0.2) is 39.4 Å².